The van der Waals surface area contributed by atoms with Gasteiger partial charge in [-0.05, 0) is 48.8 Å². The van der Waals surface area contributed by atoms with Gasteiger partial charge in [-0.1, -0.05) is 79.6 Å². The first-order chi connectivity index (χ1) is 18.1. The van der Waals surface area contributed by atoms with E-state index in [0.29, 0.717) is 43.2 Å². The second-order valence-electron chi connectivity index (χ2n) is 12.2. The SMILES string of the molecule is C=CSC(=N)CC(NC(=O)NC(C(=O)N1CCCC1C(=O)NC(CC(C)CCC)C(C)=O)C(C)(C)C)C(C)C. The Morgan fingerprint density at radius 2 is 1.77 bits per heavy atom. The molecule has 222 valence electrons. The first-order valence-electron chi connectivity index (χ1n) is 14.2. The molecule has 0 bridgehead atoms. The summed E-state index contributed by atoms with van der Waals surface area (Å²) < 4.78 is 0. The molecule has 39 heavy (non-hydrogen) atoms. The molecule has 1 rings (SSSR count). The van der Waals surface area contributed by atoms with Crippen LogP contribution < -0.4 is 16.0 Å². The lowest BCUT2D eigenvalue weighted by molar-refractivity contribution is -0.142. The summed E-state index contributed by atoms with van der Waals surface area (Å²) in [5, 5.41) is 18.7. The second kappa shape index (κ2) is 16.0. The first-order valence-corrected chi connectivity index (χ1v) is 15.0. The van der Waals surface area contributed by atoms with Crippen molar-refractivity contribution in [3.8, 4) is 0 Å². The van der Waals surface area contributed by atoms with E-state index in [9.17, 15) is 19.2 Å². The maximum Gasteiger partial charge on any atom is 0.315 e. The van der Waals surface area contributed by atoms with E-state index in [0.717, 1.165) is 12.8 Å². The highest BCUT2D eigenvalue weighted by Crippen LogP contribution is 2.26. The van der Waals surface area contributed by atoms with Gasteiger partial charge >= 0.3 is 6.03 Å². The lowest BCUT2D eigenvalue weighted by Crippen LogP contribution is -2.60. The third-order valence-corrected chi connectivity index (χ3v) is 7.82. The van der Waals surface area contributed by atoms with Crippen LogP contribution in [0.1, 0.15) is 93.9 Å². The summed E-state index contributed by atoms with van der Waals surface area (Å²) in [5.74, 6) is -0.351. The van der Waals surface area contributed by atoms with Crippen LogP contribution in [0.25, 0.3) is 0 Å². The highest BCUT2D eigenvalue weighted by atomic mass is 32.2. The summed E-state index contributed by atoms with van der Waals surface area (Å²) in [4.78, 5) is 54.0. The van der Waals surface area contributed by atoms with Crippen LogP contribution in [0.15, 0.2) is 12.0 Å². The summed E-state index contributed by atoms with van der Waals surface area (Å²) >= 11 is 1.21. The van der Waals surface area contributed by atoms with Crippen LogP contribution in [-0.4, -0.2) is 64.3 Å². The van der Waals surface area contributed by atoms with Gasteiger partial charge in [-0.25, -0.2) is 4.79 Å². The summed E-state index contributed by atoms with van der Waals surface area (Å²) in [5.41, 5.74) is -0.617. The molecule has 0 radical (unpaired) electrons. The Bertz CT molecular complexity index is 885. The zero-order valence-corrected chi connectivity index (χ0v) is 26.0. The van der Waals surface area contributed by atoms with Gasteiger partial charge in [0, 0.05) is 19.0 Å². The molecule has 0 aliphatic carbocycles. The maximum absolute atomic E-state index is 13.8. The van der Waals surface area contributed by atoms with E-state index in [-0.39, 0.29) is 29.6 Å². The fourth-order valence-electron chi connectivity index (χ4n) is 4.87. The largest absolute Gasteiger partial charge is 0.345 e. The number of hydrogen-bond acceptors (Lipinski definition) is 6. The molecule has 10 heteroatoms. The van der Waals surface area contributed by atoms with Crippen molar-refractivity contribution in [2.75, 3.05) is 6.54 Å². The number of rotatable bonds is 14. The van der Waals surface area contributed by atoms with Gasteiger partial charge in [0.2, 0.25) is 11.8 Å². The number of amides is 4. The van der Waals surface area contributed by atoms with E-state index in [2.05, 4.69) is 36.4 Å². The van der Waals surface area contributed by atoms with E-state index in [4.69, 9.17) is 5.41 Å². The fourth-order valence-corrected chi connectivity index (χ4v) is 5.34. The van der Waals surface area contributed by atoms with Crippen molar-refractivity contribution >= 4 is 40.4 Å². The summed E-state index contributed by atoms with van der Waals surface area (Å²) in [6.07, 6.45) is 4.09. The summed E-state index contributed by atoms with van der Waals surface area (Å²) in [6, 6.07) is -2.90. The van der Waals surface area contributed by atoms with Crippen LogP contribution in [0.2, 0.25) is 0 Å². The molecule has 1 aliphatic heterocycles. The molecule has 5 unspecified atom stereocenters. The smallest absolute Gasteiger partial charge is 0.315 e. The third-order valence-electron chi connectivity index (χ3n) is 7.21. The lowest BCUT2D eigenvalue weighted by Gasteiger charge is -2.36. The topological polar surface area (TPSA) is 131 Å². The van der Waals surface area contributed by atoms with Crippen LogP contribution in [0.3, 0.4) is 0 Å². The lowest BCUT2D eigenvalue weighted by atomic mass is 9.85. The van der Waals surface area contributed by atoms with E-state index in [1.54, 1.807) is 10.3 Å². The number of carbonyl (C=O) groups excluding carboxylic acids is 4. The van der Waals surface area contributed by atoms with E-state index in [1.165, 1.54) is 18.7 Å². The predicted molar refractivity (Wildman–Crippen MR) is 160 cm³/mol. The molecule has 0 saturated carbocycles. The number of Topliss-reactive ketones (excluding diaryl/α,β-unsaturated/α-hetero) is 1. The van der Waals surface area contributed by atoms with Gasteiger partial charge in [0.15, 0.2) is 5.78 Å². The number of carbonyl (C=O) groups is 4. The fraction of sp³-hybridized carbons (Fsp3) is 0.759. The standard InChI is InChI=1S/C29H51N5O4S/c1-10-13-19(5)16-22(20(6)35)31-26(36)23-14-12-15-34(23)27(37)25(29(7,8)9)33-28(38)32-21(18(3)4)17-24(30)39-11-2/h11,18-19,21-23,25,30H,2,10,12-17H2,1,3-9H3,(H,31,36)(H2,32,33,38). The number of nitrogens with zero attached hydrogens (tertiary/aromatic N) is 1. The zero-order chi connectivity index (χ0) is 29.9. The highest BCUT2D eigenvalue weighted by molar-refractivity contribution is 8.16. The van der Waals surface area contributed by atoms with Crippen LogP contribution in [0, 0.1) is 22.7 Å². The van der Waals surface area contributed by atoms with Gasteiger partial charge in [-0.15, -0.1) is 0 Å². The van der Waals surface area contributed by atoms with Gasteiger partial charge < -0.3 is 20.9 Å². The Hall–Kier alpha value is -2.36. The summed E-state index contributed by atoms with van der Waals surface area (Å²) in [7, 11) is 0. The van der Waals surface area contributed by atoms with Gasteiger partial charge in [-0.2, -0.15) is 0 Å². The van der Waals surface area contributed by atoms with Crippen molar-refractivity contribution in [1.82, 2.24) is 20.9 Å². The molecular weight excluding hydrogens is 514 g/mol. The molecule has 0 aromatic rings. The van der Waals surface area contributed by atoms with Gasteiger partial charge in [-0.3, -0.25) is 19.8 Å². The number of thioether (sulfide) groups is 1. The molecule has 1 saturated heterocycles. The van der Waals surface area contributed by atoms with E-state index < -0.39 is 29.6 Å². The van der Waals surface area contributed by atoms with E-state index >= 15 is 0 Å². The molecule has 4 amide bonds. The molecule has 0 aromatic carbocycles. The Morgan fingerprint density at radius 3 is 2.28 bits per heavy atom. The van der Waals surface area contributed by atoms with Gasteiger partial charge in [0.1, 0.15) is 12.1 Å². The Morgan fingerprint density at radius 1 is 1.13 bits per heavy atom. The molecule has 1 aliphatic rings. The van der Waals surface area contributed by atoms with Crippen molar-refractivity contribution in [3.05, 3.63) is 12.0 Å². The van der Waals surface area contributed by atoms with Crippen LogP contribution in [0.4, 0.5) is 4.79 Å². The number of likely N-dealkylation sites (tertiary alicyclic amines) is 1. The monoisotopic (exact) mass is 565 g/mol. The van der Waals surface area contributed by atoms with Gasteiger partial charge in [0.05, 0.1) is 11.1 Å². The molecule has 0 aromatic heterocycles. The molecule has 0 spiro atoms. The Kier molecular flexibility index (Phi) is 14.3. The quantitative estimate of drug-likeness (QED) is 0.176. The Balaban J connectivity index is 3.01. The Labute approximate surface area is 239 Å². The van der Waals surface area contributed by atoms with E-state index in [1.807, 2.05) is 34.6 Å². The first kappa shape index (κ1) is 34.7. The molecule has 5 atom stereocenters. The second-order valence-corrected chi connectivity index (χ2v) is 13.2. The molecule has 4 N–H and O–H groups in total. The van der Waals surface area contributed by atoms with Crippen molar-refractivity contribution in [2.45, 2.75) is 118 Å². The number of nitrogens with one attached hydrogen (secondary N) is 4. The molecular formula is C29H51N5O4S. The number of urea groups is 1. The molecule has 1 heterocycles. The highest BCUT2D eigenvalue weighted by Gasteiger charge is 2.42. The maximum atomic E-state index is 13.8. The van der Waals surface area contributed by atoms with Crippen LogP contribution >= 0.6 is 11.8 Å². The molecule has 1 fully saturated rings. The van der Waals surface area contributed by atoms with Gasteiger partial charge in [0.25, 0.3) is 0 Å². The zero-order valence-electron chi connectivity index (χ0n) is 25.2. The normalized spacial score (nSPS) is 18.6. The minimum atomic E-state index is -0.867. The predicted octanol–water partition coefficient (Wildman–Crippen LogP) is 4.86. The summed E-state index contributed by atoms with van der Waals surface area (Å²) in [6.45, 7) is 19.3. The number of hydrogen-bond donors (Lipinski definition) is 4. The van der Waals surface area contributed by atoms with Crippen molar-refractivity contribution in [1.29, 1.82) is 5.41 Å². The average Bonchev–Trinajstić information content (AvgIpc) is 3.31. The van der Waals surface area contributed by atoms with Crippen molar-refractivity contribution in [2.24, 2.45) is 17.3 Å². The minimum absolute atomic E-state index is 0.0752. The average molecular weight is 566 g/mol. The molecule has 9 nitrogen and oxygen atoms in total. The third kappa shape index (κ3) is 11.3. The minimum Gasteiger partial charge on any atom is -0.345 e. The van der Waals surface area contributed by atoms with Crippen molar-refractivity contribution in [3.63, 3.8) is 0 Å². The van der Waals surface area contributed by atoms with Crippen molar-refractivity contribution < 1.29 is 19.2 Å². The van der Waals surface area contributed by atoms with Crippen LogP contribution in [-0.2, 0) is 14.4 Å². The van der Waals surface area contributed by atoms with Crippen LogP contribution in [0.5, 0.6) is 0 Å². The number of ketones is 1.